The van der Waals surface area contributed by atoms with E-state index in [4.69, 9.17) is 8.94 Å². The largest absolute Gasteiger partial charge is 0.467 e. The van der Waals surface area contributed by atoms with Crippen molar-refractivity contribution in [3.8, 4) is 5.82 Å². The molecule has 0 fully saturated rings. The monoisotopic (exact) mass is 369 g/mol. The van der Waals surface area contributed by atoms with Crippen LogP contribution in [0, 0.1) is 20.8 Å². The Balaban J connectivity index is 1.54. The molecule has 1 aliphatic rings. The highest BCUT2D eigenvalue weighted by Gasteiger charge is 2.20. The van der Waals surface area contributed by atoms with Gasteiger partial charge in [0.2, 0.25) is 0 Å². The molecule has 0 saturated carbocycles. The Hall–Kier alpha value is -2.74. The molecule has 4 heterocycles. The van der Waals surface area contributed by atoms with Crippen LogP contribution in [-0.4, -0.2) is 26.4 Å². The quantitative estimate of drug-likeness (QED) is 0.760. The number of hydrogen-bond acceptors (Lipinski definition) is 6. The van der Waals surface area contributed by atoms with Gasteiger partial charge in [-0.25, -0.2) is 0 Å². The van der Waals surface area contributed by atoms with Crippen LogP contribution in [0.3, 0.4) is 0 Å². The number of aromatic nitrogens is 2. The zero-order valence-corrected chi connectivity index (χ0v) is 15.6. The summed E-state index contributed by atoms with van der Waals surface area (Å²) in [5.74, 6) is 3.17. The fourth-order valence-corrected chi connectivity index (χ4v) is 3.71. The second-order valence-corrected chi connectivity index (χ2v) is 7.04. The SMILES string of the molecule is Cc1cc(-n2c(C)cc(C3=NNC(=NCc4ccco4)SC3)c2C)no1. The number of amidine groups is 1. The first kappa shape index (κ1) is 16.7. The molecule has 0 radical (unpaired) electrons. The number of aryl methyl sites for hydroxylation is 2. The molecule has 7 nitrogen and oxygen atoms in total. The first-order valence-electron chi connectivity index (χ1n) is 8.27. The predicted octanol–water partition coefficient (Wildman–Crippen LogP) is 3.58. The van der Waals surface area contributed by atoms with Crippen LogP contribution in [0.25, 0.3) is 5.82 Å². The van der Waals surface area contributed by atoms with E-state index in [2.05, 4.69) is 45.2 Å². The molecule has 0 bridgehead atoms. The van der Waals surface area contributed by atoms with Crippen molar-refractivity contribution in [3.05, 3.63) is 59.0 Å². The minimum absolute atomic E-state index is 0.507. The second-order valence-electron chi connectivity index (χ2n) is 6.08. The van der Waals surface area contributed by atoms with Crippen molar-refractivity contribution in [3.63, 3.8) is 0 Å². The van der Waals surface area contributed by atoms with Crippen molar-refractivity contribution in [1.29, 1.82) is 0 Å². The molecule has 0 saturated heterocycles. The molecule has 1 aliphatic heterocycles. The van der Waals surface area contributed by atoms with Gasteiger partial charge < -0.3 is 8.94 Å². The van der Waals surface area contributed by atoms with E-state index in [-0.39, 0.29) is 0 Å². The summed E-state index contributed by atoms with van der Waals surface area (Å²) in [7, 11) is 0. The zero-order valence-electron chi connectivity index (χ0n) is 14.8. The molecule has 0 unspecified atom stereocenters. The average molecular weight is 369 g/mol. The van der Waals surface area contributed by atoms with Gasteiger partial charge in [0, 0.05) is 28.8 Å². The standard InChI is InChI=1S/C18H19N5O2S/c1-11-7-15(13(3)23(11)17-8-12(2)25-22-17)16-10-26-18(21-20-16)19-9-14-5-4-6-24-14/h4-8H,9-10H2,1-3H3,(H,19,21). The van der Waals surface area contributed by atoms with E-state index in [1.54, 1.807) is 18.0 Å². The van der Waals surface area contributed by atoms with Gasteiger partial charge in [0.15, 0.2) is 11.0 Å². The van der Waals surface area contributed by atoms with Crippen LogP contribution in [-0.2, 0) is 6.54 Å². The molecule has 0 atom stereocenters. The molecule has 8 heteroatoms. The van der Waals surface area contributed by atoms with E-state index in [9.17, 15) is 0 Å². The Morgan fingerprint density at radius 1 is 1.31 bits per heavy atom. The van der Waals surface area contributed by atoms with E-state index in [1.165, 1.54) is 0 Å². The van der Waals surface area contributed by atoms with Crippen molar-refractivity contribution >= 4 is 22.6 Å². The van der Waals surface area contributed by atoms with E-state index >= 15 is 0 Å². The van der Waals surface area contributed by atoms with Crippen LogP contribution in [0.15, 0.2) is 49.6 Å². The third-order valence-electron chi connectivity index (χ3n) is 4.18. The highest BCUT2D eigenvalue weighted by molar-refractivity contribution is 8.14. The fourth-order valence-electron chi connectivity index (χ4n) is 2.95. The molecule has 0 aromatic carbocycles. The smallest absolute Gasteiger partial charge is 0.180 e. The molecule has 0 spiro atoms. The van der Waals surface area contributed by atoms with E-state index in [0.29, 0.717) is 6.54 Å². The lowest BCUT2D eigenvalue weighted by atomic mass is 10.1. The lowest BCUT2D eigenvalue weighted by Crippen LogP contribution is -2.25. The molecular weight excluding hydrogens is 350 g/mol. The lowest BCUT2D eigenvalue weighted by Gasteiger charge is -2.15. The summed E-state index contributed by atoms with van der Waals surface area (Å²) >= 11 is 1.63. The van der Waals surface area contributed by atoms with Gasteiger partial charge in [0.25, 0.3) is 0 Å². The van der Waals surface area contributed by atoms with Gasteiger partial charge in [-0.15, -0.1) is 0 Å². The van der Waals surface area contributed by atoms with Gasteiger partial charge in [-0.1, -0.05) is 16.9 Å². The third-order valence-corrected chi connectivity index (χ3v) is 5.09. The molecule has 4 rings (SSSR count). The number of furan rings is 1. The van der Waals surface area contributed by atoms with Crippen LogP contribution >= 0.6 is 11.8 Å². The van der Waals surface area contributed by atoms with Gasteiger partial charge in [-0.05, 0) is 39.0 Å². The second kappa shape index (κ2) is 6.87. The van der Waals surface area contributed by atoms with Crippen LogP contribution in [0.5, 0.6) is 0 Å². The Labute approximate surface area is 155 Å². The molecule has 0 aliphatic carbocycles. The normalized spacial score (nSPS) is 16.0. The van der Waals surface area contributed by atoms with Crippen molar-refractivity contribution < 1.29 is 8.94 Å². The maximum absolute atomic E-state index is 5.29. The number of nitrogens with one attached hydrogen (secondary N) is 1. The number of nitrogens with zero attached hydrogens (tertiary/aromatic N) is 4. The Morgan fingerprint density at radius 3 is 2.85 bits per heavy atom. The fraction of sp³-hybridized carbons (Fsp3) is 0.278. The lowest BCUT2D eigenvalue weighted by molar-refractivity contribution is 0.394. The Morgan fingerprint density at radius 2 is 2.19 bits per heavy atom. The first-order chi connectivity index (χ1) is 12.6. The van der Waals surface area contributed by atoms with E-state index in [0.717, 1.165) is 50.9 Å². The summed E-state index contributed by atoms with van der Waals surface area (Å²) in [4.78, 5) is 4.49. The number of hydrogen-bond donors (Lipinski definition) is 1. The van der Waals surface area contributed by atoms with Crippen molar-refractivity contribution in [2.75, 3.05) is 5.75 Å². The summed E-state index contributed by atoms with van der Waals surface area (Å²) in [6.07, 6.45) is 1.65. The van der Waals surface area contributed by atoms with Crippen molar-refractivity contribution in [1.82, 2.24) is 15.1 Å². The van der Waals surface area contributed by atoms with Gasteiger partial charge in [-0.3, -0.25) is 15.0 Å². The van der Waals surface area contributed by atoms with Gasteiger partial charge in [0.05, 0.1) is 18.5 Å². The predicted molar refractivity (Wildman–Crippen MR) is 102 cm³/mol. The minimum Gasteiger partial charge on any atom is -0.467 e. The zero-order chi connectivity index (χ0) is 18.1. The topological polar surface area (TPSA) is 80.9 Å². The summed E-state index contributed by atoms with van der Waals surface area (Å²) in [6.45, 7) is 6.52. The van der Waals surface area contributed by atoms with Crippen LogP contribution < -0.4 is 5.43 Å². The summed E-state index contributed by atoms with van der Waals surface area (Å²) in [5.41, 5.74) is 7.33. The molecule has 0 amide bonds. The molecule has 1 N–H and O–H groups in total. The number of hydrazone groups is 1. The highest BCUT2D eigenvalue weighted by Crippen LogP contribution is 2.24. The van der Waals surface area contributed by atoms with Crippen LogP contribution in [0.4, 0.5) is 0 Å². The van der Waals surface area contributed by atoms with E-state index < -0.39 is 0 Å². The summed E-state index contributed by atoms with van der Waals surface area (Å²) in [6, 6.07) is 7.83. The third kappa shape index (κ3) is 3.20. The molecule has 134 valence electrons. The van der Waals surface area contributed by atoms with Crippen molar-refractivity contribution in [2.24, 2.45) is 10.1 Å². The number of thioether (sulfide) groups is 1. The molecular formula is C18H19N5O2S. The van der Waals surface area contributed by atoms with Gasteiger partial charge >= 0.3 is 0 Å². The molecule has 3 aromatic rings. The molecule has 3 aromatic heterocycles. The number of rotatable bonds is 4. The van der Waals surface area contributed by atoms with E-state index in [1.807, 2.05) is 25.1 Å². The maximum atomic E-state index is 5.29. The van der Waals surface area contributed by atoms with Crippen molar-refractivity contribution in [2.45, 2.75) is 27.3 Å². The summed E-state index contributed by atoms with van der Waals surface area (Å²) < 4.78 is 12.6. The summed E-state index contributed by atoms with van der Waals surface area (Å²) in [5, 5.41) is 9.45. The highest BCUT2D eigenvalue weighted by atomic mass is 32.2. The minimum atomic E-state index is 0.507. The van der Waals surface area contributed by atoms with Gasteiger partial charge in [0.1, 0.15) is 11.5 Å². The Kier molecular flexibility index (Phi) is 4.42. The number of aliphatic imine (C=N–C) groups is 1. The average Bonchev–Trinajstić information content (AvgIpc) is 3.35. The van der Waals surface area contributed by atoms with Crippen LogP contribution in [0.2, 0.25) is 0 Å². The Bertz CT molecular complexity index is 982. The van der Waals surface area contributed by atoms with Crippen LogP contribution in [0.1, 0.15) is 28.5 Å². The van der Waals surface area contributed by atoms with Gasteiger partial charge in [-0.2, -0.15) is 5.10 Å². The first-order valence-corrected chi connectivity index (χ1v) is 9.25. The maximum Gasteiger partial charge on any atom is 0.180 e. The molecule has 26 heavy (non-hydrogen) atoms.